The summed E-state index contributed by atoms with van der Waals surface area (Å²) >= 11 is 0. The van der Waals surface area contributed by atoms with Gasteiger partial charge in [-0.3, -0.25) is 4.79 Å². The molecule has 0 spiro atoms. The maximum Gasteiger partial charge on any atom is 0.254 e. The molecule has 1 atom stereocenters. The highest BCUT2D eigenvalue weighted by molar-refractivity contribution is 5.81. The third-order valence-corrected chi connectivity index (χ3v) is 5.98. The summed E-state index contributed by atoms with van der Waals surface area (Å²) in [7, 11) is 1.61. The summed E-state index contributed by atoms with van der Waals surface area (Å²) in [4.78, 5) is 18.7. The molecule has 0 amide bonds. The van der Waals surface area contributed by atoms with E-state index in [0.717, 1.165) is 29.6 Å². The molecular formula is C24H26N6O2. The quantitative estimate of drug-likeness (QED) is 0.534. The molecule has 4 aromatic rings. The Kier molecular flexibility index (Phi) is 4.73. The second-order valence-electron chi connectivity index (χ2n) is 9.10. The van der Waals surface area contributed by atoms with Crippen molar-refractivity contribution in [1.29, 1.82) is 0 Å². The van der Waals surface area contributed by atoms with Crippen molar-refractivity contribution in [2.45, 2.75) is 38.8 Å². The van der Waals surface area contributed by atoms with Crippen molar-refractivity contribution in [3.05, 3.63) is 75.8 Å². The van der Waals surface area contributed by atoms with Gasteiger partial charge in [0.2, 0.25) is 0 Å². The van der Waals surface area contributed by atoms with E-state index in [1.807, 2.05) is 41.1 Å². The van der Waals surface area contributed by atoms with E-state index in [9.17, 15) is 4.79 Å². The molecule has 0 unspecified atom stereocenters. The van der Waals surface area contributed by atoms with E-state index >= 15 is 0 Å². The second-order valence-corrected chi connectivity index (χ2v) is 9.10. The number of pyridine rings is 1. The number of hydrogen-bond acceptors (Lipinski definition) is 6. The number of anilines is 1. The molecule has 1 N–H and O–H groups in total. The molecule has 164 valence electrons. The molecule has 0 saturated heterocycles. The maximum atomic E-state index is 13.4. The zero-order chi connectivity index (χ0) is 22.5. The number of H-pyrrole nitrogens is 1. The number of benzene rings is 2. The van der Waals surface area contributed by atoms with Gasteiger partial charge >= 0.3 is 0 Å². The van der Waals surface area contributed by atoms with Gasteiger partial charge in [-0.05, 0) is 72.8 Å². The topological polar surface area (TPSA) is 88.9 Å². The molecular weight excluding hydrogens is 404 g/mol. The van der Waals surface area contributed by atoms with Gasteiger partial charge in [0.15, 0.2) is 5.82 Å². The van der Waals surface area contributed by atoms with Crippen LogP contribution in [-0.2, 0) is 12.0 Å². The molecule has 0 radical (unpaired) electrons. The van der Waals surface area contributed by atoms with E-state index in [0.29, 0.717) is 17.1 Å². The summed E-state index contributed by atoms with van der Waals surface area (Å²) < 4.78 is 7.13. The fourth-order valence-electron chi connectivity index (χ4n) is 4.45. The Bertz CT molecular complexity index is 1350. The molecule has 1 aliphatic heterocycles. The van der Waals surface area contributed by atoms with Gasteiger partial charge in [-0.1, -0.05) is 18.2 Å². The van der Waals surface area contributed by atoms with Crippen LogP contribution in [0.1, 0.15) is 43.8 Å². The van der Waals surface area contributed by atoms with Crippen molar-refractivity contribution in [3.63, 3.8) is 0 Å². The highest BCUT2D eigenvalue weighted by Gasteiger charge is 2.36. The SMILES string of the molecule is COc1ccc2cc([C@@H](c3nnnn3C(C)(C)C)N3CCc4ccccc43)c(=O)[nH]c2c1. The van der Waals surface area contributed by atoms with E-state index in [2.05, 4.69) is 58.3 Å². The van der Waals surface area contributed by atoms with Crippen molar-refractivity contribution in [2.75, 3.05) is 18.6 Å². The van der Waals surface area contributed by atoms with Crippen LogP contribution in [0.15, 0.2) is 53.3 Å². The normalized spacial score (nSPS) is 14.6. The predicted molar refractivity (Wildman–Crippen MR) is 123 cm³/mol. The summed E-state index contributed by atoms with van der Waals surface area (Å²) in [6.07, 6.45) is 0.909. The zero-order valence-corrected chi connectivity index (χ0v) is 18.7. The Morgan fingerprint density at radius 1 is 1.12 bits per heavy atom. The first-order chi connectivity index (χ1) is 15.4. The monoisotopic (exact) mass is 430 g/mol. The van der Waals surface area contributed by atoms with Gasteiger partial charge in [0, 0.05) is 23.9 Å². The van der Waals surface area contributed by atoms with Crippen LogP contribution in [0.4, 0.5) is 5.69 Å². The Morgan fingerprint density at radius 2 is 1.94 bits per heavy atom. The molecule has 0 bridgehead atoms. The minimum atomic E-state index is -0.428. The van der Waals surface area contributed by atoms with Gasteiger partial charge < -0.3 is 14.6 Å². The number of fused-ring (bicyclic) bond motifs is 2. The summed E-state index contributed by atoms with van der Waals surface area (Å²) in [5.41, 5.74) is 3.20. The minimum Gasteiger partial charge on any atom is -0.497 e. The van der Waals surface area contributed by atoms with Crippen LogP contribution >= 0.6 is 0 Å². The summed E-state index contributed by atoms with van der Waals surface area (Å²) in [5, 5.41) is 13.6. The molecule has 3 heterocycles. The van der Waals surface area contributed by atoms with E-state index in [1.54, 1.807) is 7.11 Å². The molecule has 2 aromatic heterocycles. The van der Waals surface area contributed by atoms with Crippen LogP contribution in [0.25, 0.3) is 10.9 Å². The number of methoxy groups -OCH3 is 1. The third-order valence-electron chi connectivity index (χ3n) is 5.98. The standard InChI is InChI=1S/C24H26N6O2/c1-24(2,3)30-22(26-27-28-30)21(29-12-11-15-7-5-6-8-20(15)29)18-13-16-9-10-17(32-4)14-19(16)25-23(18)31/h5-10,13-14,21H,11-12H2,1-4H3,(H,25,31)/t21-/m0/s1. The highest BCUT2D eigenvalue weighted by Crippen LogP contribution is 2.38. The van der Waals surface area contributed by atoms with Crippen molar-refractivity contribution < 1.29 is 4.74 Å². The minimum absolute atomic E-state index is 0.163. The predicted octanol–water partition coefficient (Wildman–Crippen LogP) is 3.43. The number of nitrogens with one attached hydrogen (secondary N) is 1. The molecule has 8 nitrogen and oxygen atoms in total. The van der Waals surface area contributed by atoms with E-state index in [4.69, 9.17) is 4.74 Å². The van der Waals surface area contributed by atoms with E-state index in [-0.39, 0.29) is 11.1 Å². The van der Waals surface area contributed by atoms with Crippen molar-refractivity contribution in [3.8, 4) is 5.75 Å². The van der Waals surface area contributed by atoms with Crippen molar-refractivity contribution in [1.82, 2.24) is 25.2 Å². The smallest absolute Gasteiger partial charge is 0.254 e. The molecule has 8 heteroatoms. The molecule has 32 heavy (non-hydrogen) atoms. The number of tetrazole rings is 1. The van der Waals surface area contributed by atoms with Crippen LogP contribution in [0.3, 0.4) is 0 Å². The summed E-state index contributed by atoms with van der Waals surface area (Å²) in [6, 6.07) is 15.5. The van der Waals surface area contributed by atoms with Gasteiger partial charge in [0.25, 0.3) is 5.56 Å². The lowest BCUT2D eigenvalue weighted by atomic mass is 10.0. The number of rotatable bonds is 4. The van der Waals surface area contributed by atoms with Crippen LogP contribution < -0.4 is 15.2 Å². The van der Waals surface area contributed by atoms with Crippen LogP contribution in [0, 0.1) is 0 Å². The lowest BCUT2D eigenvalue weighted by Crippen LogP contribution is -2.37. The number of para-hydroxylation sites is 1. The number of nitrogens with zero attached hydrogens (tertiary/aromatic N) is 5. The molecule has 0 fully saturated rings. The van der Waals surface area contributed by atoms with Gasteiger partial charge in [0.1, 0.15) is 11.8 Å². The lowest BCUT2D eigenvalue weighted by molar-refractivity contribution is 0.329. The Morgan fingerprint density at radius 3 is 2.72 bits per heavy atom. The maximum absolute atomic E-state index is 13.4. The number of aromatic nitrogens is 5. The first kappa shape index (κ1) is 20.2. The van der Waals surface area contributed by atoms with Gasteiger partial charge in [-0.2, -0.15) is 0 Å². The molecule has 0 saturated carbocycles. The Labute approximate surface area is 185 Å². The number of aromatic amines is 1. The molecule has 1 aliphatic rings. The van der Waals surface area contributed by atoms with E-state index in [1.165, 1.54) is 5.56 Å². The van der Waals surface area contributed by atoms with Gasteiger partial charge in [0.05, 0.1) is 18.2 Å². The van der Waals surface area contributed by atoms with Crippen molar-refractivity contribution >= 4 is 16.6 Å². The Hall–Kier alpha value is -3.68. The highest BCUT2D eigenvalue weighted by atomic mass is 16.5. The fraction of sp³-hybridized carbons (Fsp3) is 0.333. The average Bonchev–Trinajstić information content (AvgIpc) is 3.42. The van der Waals surface area contributed by atoms with E-state index < -0.39 is 6.04 Å². The Balaban J connectivity index is 1.74. The van der Waals surface area contributed by atoms with Crippen LogP contribution in [-0.4, -0.2) is 38.8 Å². The first-order valence-electron chi connectivity index (χ1n) is 10.7. The largest absolute Gasteiger partial charge is 0.497 e. The summed E-state index contributed by atoms with van der Waals surface area (Å²) in [6.45, 7) is 6.94. The first-order valence-corrected chi connectivity index (χ1v) is 10.7. The lowest BCUT2D eigenvalue weighted by Gasteiger charge is -2.31. The fourth-order valence-corrected chi connectivity index (χ4v) is 4.45. The average molecular weight is 431 g/mol. The third kappa shape index (κ3) is 3.32. The zero-order valence-electron chi connectivity index (χ0n) is 18.7. The molecule has 5 rings (SSSR count). The van der Waals surface area contributed by atoms with Gasteiger partial charge in [-0.15, -0.1) is 5.10 Å². The van der Waals surface area contributed by atoms with Crippen molar-refractivity contribution in [2.24, 2.45) is 0 Å². The van der Waals surface area contributed by atoms with Gasteiger partial charge in [-0.25, -0.2) is 4.68 Å². The molecule has 0 aliphatic carbocycles. The summed E-state index contributed by atoms with van der Waals surface area (Å²) in [5.74, 6) is 1.34. The van der Waals surface area contributed by atoms with Crippen LogP contribution in [0.2, 0.25) is 0 Å². The number of ether oxygens (including phenoxy) is 1. The second kappa shape index (κ2) is 7.47. The number of hydrogen-bond donors (Lipinski definition) is 1. The van der Waals surface area contributed by atoms with Crippen LogP contribution in [0.5, 0.6) is 5.75 Å². The molecule has 2 aromatic carbocycles.